The molecule has 0 aliphatic rings. The maximum atomic E-state index is 12.8. The Labute approximate surface area is 179 Å². The summed E-state index contributed by atoms with van der Waals surface area (Å²) in [6.07, 6.45) is 0. The molecular formula is C19H22BrClN2O4S. The highest BCUT2D eigenvalue weighted by Gasteiger charge is 2.24. The fourth-order valence-corrected chi connectivity index (χ4v) is 4.74. The number of carbonyl (C=O) groups is 1. The predicted octanol–water partition coefficient (Wildman–Crippen LogP) is 4.70. The van der Waals surface area contributed by atoms with Crippen LogP contribution in [0, 0.1) is 6.92 Å². The molecule has 2 aromatic carbocycles. The average molecular weight is 490 g/mol. The summed E-state index contributed by atoms with van der Waals surface area (Å²) < 4.78 is 32.6. The van der Waals surface area contributed by atoms with Gasteiger partial charge >= 0.3 is 0 Å². The van der Waals surface area contributed by atoms with E-state index in [-0.39, 0.29) is 10.5 Å². The molecule has 1 N–H and O–H groups in total. The molecule has 9 heteroatoms. The summed E-state index contributed by atoms with van der Waals surface area (Å²) in [6.45, 7) is 6.03. The van der Waals surface area contributed by atoms with Crippen molar-refractivity contribution >= 4 is 49.1 Å². The quantitative estimate of drug-likeness (QED) is 0.611. The van der Waals surface area contributed by atoms with Crippen LogP contribution in [0.2, 0.25) is 5.02 Å². The van der Waals surface area contributed by atoms with E-state index in [9.17, 15) is 13.2 Å². The second-order valence-electron chi connectivity index (χ2n) is 5.99. The molecule has 0 aromatic heterocycles. The second kappa shape index (κ2) is 9.26. The van der Waals surface area contributed by atoms with Gasteiger partial charge in [-0.15, -0.1) is 0 Å². The Kier molecular flexibility index (Phi) is 7.50. The predicted molar refractivity (Wildman–Crippen MR) is 115 cm³/mol. The van der Waals surface area contributed by atoms with Gasteiger partial charge in [0.25, 0.3) is 5.91 Å². The zero-order valence-electron chi connectivity index (χ0n) is 16.0. The van der Waals surface area contributed by atoms with Gasteiger partial charge in [0.05, 0.1) is 23.3 Å². The van der Waals surface area contributed by atoms with E-state index >= 15 is 0 Å². The first-order valence-electron chi connectivity index (χ1n) is 8.60. The van der Waals surface area contributed by atoms with Gasteiger partial charge in [-0.1, -0.05) is 25.4 Å². The van der Waals surface area contributed by atoms with Crippen molar-refractivity contribution < 1.29 is 17.9 Å². The summed E-state index contributed by atoms with van der Waals surface area (Å²) in [6, 6.07) is 7.70. The van der Waals surface area contributed by atoms with Crippen LogP contribution in [0.1, 0.15) is 29.8 Å². The highest BCUT2D eigenvalue weighted by molar-refractivity contribution is 9.10. The molecule has 2 rings (SSSR count). The molecule has 0 atom stereocenters. The molecule has 28 heavy (non-hydrogen) atoms. The molecule has 0 radical (unpaired) electrons. The molecule has 0 aliphatic heterocycles. The van der Waals surface area contributed by atoms with Gasteiger partial charge < -0.3 is 10.1 Å². The summed E-state index contributed by atoms with van der Waals surface area (Å²) in [4.78, 5) is 12.9. The third kappa shape index (κ3) is 4.68. The van der Waals surface area contributed by atoms with Gasteiger partial charge in [0.1, 0.15) is 5.75 Å². The normalized spacial score (nSPS) is 11.5. The lowest BCUT2D eigenvalue weighted by Crippen LogP contribution is -2.30. The lowest BCUT2D eigenvalue weighted by atomic mass is 10.1. The van der Waals surface area contributed by atoms with E-state index in [2.05, 4.69) is 21.2 Å². The maximum absolute atomic E-state index is 12.8. The van der Waals surface area contributed by atoms with Crippen molar-refractivity contribution in [2.75, 3.05) is 25.5 Å². The Bertz CT molecular complexity index is 992. The number of benzene rings is 2. The molecule has 1 amide bonds. The summed E-state index contributed by atoms with van der Waals surface area (Å²) >= 11 is 9.42. The van der Waals surface area contributed by atoms with Gasteiger partial charge in [-0.3, -0.25) is 4.79 Å². The van der Waals surface area contributed by atoms with Gasteiger partial charge in [-0.05, 0) is 52.7 Å². The molecule has 0 heterocycles. The van der Waals surface area contributed by atoms with Crippen LogP contribution < -0.4 is 10.1 Å². The van der Waals surface area contributed by atoms with Gasteiger partial charge in [-0.25, -0.2) is 8.42 Å². The number of amides is 1. The number of hydrogen-bond donors (Lipinski definition) is 1. The number of ether oxygens (including phenoxy) is 1. The van der Waals surface area contributed by atoms with Crippen LogP contribution in [0.3, 0.4) is 0 Å². The molecule has 0 fully saturated rings. The minimum atomic E-state index is -3.68. The molecule has 0 aliphatic carbocycles. The zero-order valence-corrected chi connectivity index (χ0v) is 19.2. The summed E-state index contributed by atoms with van der Waals surface area (Å²) in [5, 5.41) is 3.28. The molecule has 0 bridgehead atoms. The van der Waals surface area contributed by atoms with Crippen molar-refractivity contribution in [2.45, 2.75) is 25.7 Å². The smallest absolute Gasteiger partial charge is 0.256 e. The minimum absolute atomic E-state index is 0.0591. The van der Waals surface area contributed by atoms with E-state index in [1.54, 1.807) is 32.0 Å². The molecule has 152 valence electrons. The number of hydrogen-bond acceptors (Lipinski definition) is 4. The van der Waals surface area contributed by atoms with Gasteiger partial charge in [-0.2, -0.15) is 4.31 Å². The van der Waals surface area contributed by atoms with Crippen LogP contribution in [-0.2, 0) is 10.0 Å². The highest BCUT2D eigenvalue weighted by atomic mass is 79.9. The number of nitrogens with one attached hydrogen (secondary N) is 1. The van der Waals surface area contributed by atoms with Crippen LogP contribution in [0.5, 0.6) is 5.75 Å². The number of nitrogens with zero attached hydrogens (tertiary/aromatic N) is 1. The van der Waals surface area contributed by atoms with Crippen LogP contribution in [0.15, 0.2) is 39.7 Å². The first-order chi connectivity index (χ1) is 13.1. The van der Waals surface area contributed by atoms with Gasteiger partial charge in [0, 0.05) is 28.7 Å². The van der Waals surface area contributed by atoms with E-state index in [1.165, 1.54) is 23.5 Å². The van der Waals surface area contributed by atoms with E-state index < -0.39 is 15.9 Å². The fraction of sp³-hybridized carbons (Fsp3) is 0.316. The number of halogens is 2. The molecule has 0 saturated heterocycles. The Morgan fingerprint density at radius 2 is 1.86 bits per heavy atom. The minimum Gasteiger partial charge on any atom is -0.495 e. The molecule has 6 nitrogen and oxygen atoms in total. The lowest BCUT2D eigenvalue weighted by Gasteiger charge is -2.19. The van der Waals surface area contributed by atoms with Crippen molar-refractivity contribution in [3.63, 3.8) is 0 Å². The fourth-order valence-electron chi connectivity index (χ4n) is 2.67. The first kappa shape index (κ1) is 22.7. The molecule has 0 saturated carbocycles. The van der Waals surface area contributed by atoms with Crippen LogP contribution in [-0.4, -0.2) is 38.8 Å². The second-order valence-corrected chi connectivity index (χ2v) is 9.19. The Hall–Kier alpha value is -1.61. The van der Waals surface area contributed by atoms with Crippen molar-refractivity contribution in [1.29, 1.82) is 0 Å². The Morgan fingerprint density at radius 3 is 2.43 bits per heavy atom. The van der Waals surface area contributed by atoms with Crippen LogP contribution >= 0.6 is 27.5 Å². The third-order valence-electron chi connectivity index (χ3n) is 4.25. The number of sulfonamides is 1. The monoisotopic (exact) mass is 488 g/mol. The summed E-state index contributed by atoms with van der Waals surface area (Å²) in [7, 11) is -2.21. The summed E-state index contributed by atoms with van der Waals surface area (Å²) in [5.41, 5.74) is 1.41. The van der Waals surface area contributed by atoms with E-state index in [1.807, 2.05) is 6.92 Å². The topological polar surface area (TPSA) is 75.7 Å². The standard InChI is InChI=1S/C19H22BrClN2O4S/c1-5-23(6-2)28(25,26)13-7-8-15(20)14(10-13)19(24)22-17-9-12(3)16(21)11-18(17)27-4/h7-11H,5-6H2,1-4H3,(H,22,24). The SMILES string of the molecule is CCN(CC)S(=O)(=O)c1ccc(Br)c(C(=O)Nc2cc(C)c(Cl)cc2OC)c1. The van der Waals surface area contributed by atoms with Crippen LogP contribution in [0.25, 0.3) is 0 Å². The molecule has 0 spiro atoms. The molecular weight excluding hydrogens is 468 g/mol. The number of aryl methyl sites for hydroxylation is 1. The number of rotatable bonds is 7. The number of anilines is 1. The van der Waals surface area contributed by atoms with Crippen molar-refractivity contribution in [2.24, 2.45) is 0 Å². The molecule has 0 unspecified atom stereocenters. The van der Waals surface area contributed by atoms with Crippen molar-refractivity contribution in [3.8, 4) is 5.75 Å². The van der Waals surface area contributed by atoms with E-state index in [4.69, 9.17) is 16.3 Å². The van der Waals surface area contributed by atoms with Crippen molar-refractivity contribution in [3.05, 3.63) is 51.0 Å². The number of carbonyl (C=O) groups excluding carboxylic acids is 1. The zero-order chi connectivity index (χ0) is 21.1. The Balaban J connectivity index is 2.44. The molecule has 2 aromatic rings. The van der Waals surface area contributed by atoms with Crippen LogP contribution in [0.4, 0.5) is 5.69 Å². The highest BCUT2D eigenvalue weighted by Crippen LogP contribution is 2.32. The lowest BCUT2D eigenvalue weighted by molar-refractivity contribution is 0.102. The van der Waals surface area contributed by atoms with E-state index in [0.717, 1.165) is 5.56 Å². The summed E-state index contributed by atoms with van der Waals surface area (Å²) in [5.74, 6) is -0.0597. The first-order valence-corrected chi connectivity index (χ1v) is 11.2. The largest absolute Gasteiger partial charge is 0.495 e. The number of methoxy groups -OCH3 is 1. The maximum Gasteiger partial charge on any atom is 0.256 e. The van der Waals surface area contributed by atoms with Crippen molar-refractivity contribution in [1.82, 2.24) is 4.31 Å². The average Bonchev–Trinajstić information content (AvgIpc) is 2.65. The van der Waals surface area contributed by atoms with Gasteiger partial charge in [0.15, 0.2) is 0 Å². The van der Waals surface area contributed by atoms with E-state index in [0.29, 0.717) is 34.0 Å². The third-order valence-corrected chi connectivity index (χ3v) is 7.40. The Morgan fingerprint density at radius 1 is 1.21 bits per heavy atom. The van der Waals surface area contributed by atoms with Gasteiger partial charge in [0.2, 0.25) is 10.0 Å².